The highest BCUT2D eigenvalue weighted by Gasteiger charge is 2.22. The molecule has 0 saturated heterocycles. The number of halogens is 2. The Morgan fingerprint density at radius 1 is 1.37 bits per heavy atom. The van der Waals surface area contributed by atoms with Crippen molar-refractivity contribution in [2.24, 2.45) is 0 Å². The minimum Gasteiger partial charge on any atom is -0.306 e. The lowest BCUT2D eigenvalue weighted by molar-refractivity contribution is 0.463. The summed E-state index contributed by atoms with van der Waals surface area (Å²) in [5, 5.41) is 4.49. The Bertz CT molecular complexity index is 581. The number of benzene rings is 1. The first kappa shape index (κ1) is 13.6. The Morgan fingerprint density at radius 3 is 3.05 bits per heavy atom. The third kappa shape index (κ3) is 3.05. The van der Waals surface area contributed by atoms with Crippen molar-refractivity contribution in [1.29, 1.82) is 0 Å². The van der Waals surface area contributed by atoms with E-state index in [1.54, 1.807) is 0 Å². The fourth-order valence-corrected chi connectivity index (χ4v) is 4.63. The van der Waals surface area contributed by atoms with Gasteiger partial charge < -0.3 is 5.32 Å². The molecule has 1 nitrogen and oxygen atoms in total. The summed E-state index contributed by atoms with van der Waals surface area (Å²) in [5.74, 6) is 0. The molecule has 0 spiro atoms. The van der Waals surface area contributed by atoms with Crippen LogP contribution in [0.5, 0.6) is 0 Å². The van der Waals surface area contributed by atoms with Gasteiger partial charge in [-0.2, -0.15) is 0 Å². The zero-order chi connectivity index (χ0) is 13.2. The number of aryl methyl sites for hydroxylation is 1. The summed E-state index contributed by atoms with van der Waals surface area (Å²) in [5.41, 5.74) is 2.64. The van der Waals surface area contributed by atoms with E-state index in [0.29, 0.717) is 6.04 Å². The third-order valence-corrected chi connectivity index (χ3v) is 5.66. The van der Waals surface area contributed by atoms with Crippen LogP contribution >= 0.6 is 38.9 Å². The van der Waals surface area contributed by atoms with Gasteiger partial charge in [0, 0.05) is 22.5 Å². The molecule has 1 aliphatic carbocycles. The van der Waals surface area contributed by atoms with Crippen LogP contribution in [0.1, 0.15) is 34.9 Å². The molecule has 0 amide bonds. The topological polar surface area (TPSA) is 12.0 Å². The van der Waals surface area contributed by atoms with E-state index in [9.17, 15) is 0 Å². The Balaban J connectivity index is 1.73. The molecule has 1 N–H and O–H groups in total. The van der Waals surface area contributed by atoms with Gasteiger partial charge in [-0.25, -0.2) is 0 Å². The minimum absolute atomic E-state index is 0.461. The number of hydrogen-bond acceptors (Lipinski definition) is 2. The van der Waals surface area contributed by atoms with Gasteiger partial charge in [-0.3, -0.25) is 0 Å². The Kier molecular flexibility index (Phi) is 4.27. The first-order chi connectivity index (χ1) is 9.24. The van der Waals surface area contributed by atoms with E-state index in [1.807, 2.05) is 29.5 Å². The SMILES string of the molecule is Clc1ccccc1CNC1CCCc2sc(Br)cc21. The fraction of sp³-hybridized carbons (Fsp3) is 0.333. The zero-order valence-electron chi connectivity index (χ0n) is 10.5. The van der Waals surface area contributed by atoms with Gasteiger partial charge in [0.15, 0.2) is 0 Å². The van der Waals surface area contributed by atoms with Crippen molar-refractivity contribution in [3.63, 3.8) is 0 Å². The van der Waals surface area contributed by atoms with E-state index in [1.165, 1.54) is 39.1 Å². The normalized spacial score (nSPS) is 18.3. The van der Waals surface area contributed by atoms with E-state index in [-0.39, 0.29) is 0 Å². The van der Waals surface area contributed by atoms with Crippen LogP contribution in [0.15, 0.2) is 34.1 Å². The molecular weight excluding hydrogens is 342 g/mol. The van der Waals surface area contributed by atoms with Gasteiger partial charge in [0.05, 0.1) is 3.79 Å². The van der Waals surface area contributed by atoms with Crippen LogP contribution < -0.4 is 5.32 Å². The average Bonchev–Trinajstić information content (AvgIpc) is 2.78. The second-order valence-electron chi connectivity index (χ2n) is 4.85. The van der Waals surface area contributed by atoms with E-state index in [4.69, 9.17) is 11.6 Å². The molecule has 0 aliphatic heterocycles. The molecule has 1 heterocycles. The Morgan fingerprint density at radius 2 is 2.21 bits per heavy atom. The molecule has 1 aliphatic rings. The van der Waals surface area contributed by atoms with Crippen LogP contribution in [0, 0.1) is 0 Å². The summed E-state index contributed by atoms with van der Waals surface area (Å²) in [7, 11) is 0. The number of fused-ring (bicyclic) bond motifs is 1. The summed E-state index contributed by atoms with van der Waals surface area (Å²) in [6.07, 6.45) is 3.69. The van der Waals surface area contributed by atoms with Crippen molar-refractivity contribution in [3.05, 3.63) is 55.1 Å². The molecule has 0 bridgehead atoms. The second kappa shape index (κ2) is 5.96. The van der Waals surface area contributed by atoms with E-state index < -0.39 is 0 Å². The molecule has 1 atom stereocenters. The fourth-order valence-electron chi connectivity index (χ4n) is 2.61. The van der Waals surface area contributed by atoms with Crippen LogP contribution in [0.3, 0.4) is 0 Å². The van der Waals surface area contributed by atoms with Gasteiger partial charge in [0.2, 0.25) is 0 Å². The Hall–Kier alpha value is -0.350. The van der Waals surface area contributed by atoms with E-state index in [0.717, 1.165) is 11.6 Å². The first-order valence-electron chi connectivity index (χ1n) is 6.49. The lowest BCUT2D eigenvalue weighted by Crippen LogP contribution is -2.23. The summed E-state index contributed by atoms with van der Waals surface area (Å²) in [6.45, 7) is 0.831. The summed E-state index contributed by atoms with van der Waals surface area (Å²) in [4.78, 5) is 1.52. The van der Waals surface area contributed by atoms with E-state index >= 15 is 0 Å². The molecule has 100 valence electrons. The number of nitrogens with one attached hydrogen (secondary N) is 1. The lowest BCUT2D eigenvalue weighted by Gasteiger charge is -2.24. The third-order valence-electron chi connectivity index (χ3n) is 3.58. The highest BCUT2D eigenvalue weighted by atomic mass is 79.9. The van der Waals surface area contributed by atoms with Crippen molar-refractivity contribution in [2.75, 3.05) is 0 Å². The average molecular weight is 357 g/mol. The molecule has 1 aromatic heterocycles. The van der Waals surface area contributed by atoms with Crippen molar-refractivity contribution in [1.82, 2.24) is 5.32 Å². The van der Waals surface area contributed by atoms with Crippen molar-refractivity contribution in [3.8, 4) is 0 Å². The molecule has 2 aromatic rings. The standard InChI is InChI=1S/C15H15BrClNS/c16-15-8-11-13(6-3-7-14(11)19-15)18-9-10-4-1-2-5-12(10)17/h1-2,4-5,8,13,18H,3,6-7,9H2. The van der Waals surface area contributed by atoms with Gasteiger partial charge >= 0.3 is 0 Å². The molecular formula is C15H15BrClNS. The number of hydrogen-bond donors (Lipinski definition) is 1. The molecule has 1 unspecified atom stereocenters. The van der Waals surface area contributed by atoms with Gasteiger partial charge in [-0.15, -0.1) is 11.3 Å². The van der Waals surface area contributed by atoms with Crippen molar-refractivity contribution >= 4 is 38.9 Å². The highest BCUT2D eigenvalue weighted by molar-refractivity contribution is 9.11. The molecule has 0 radical (unpaired) electrons. The maximum atomic E-state index is 6.20. The summed E-state index contributed by atoms with van der Waals surface area (Å²) >= 11 is 11.7. The molecule has 0 fully saturated rings. The molecule has 3 rings (SSSR count). The molecule has 19 heavy (non-hydrogen) atoms. The van der Waals surface area contributed by atoms with Gasteiger partial charge in [-0.1, -0.05) is 29.8 Å². The number of rotatable bonds is 3. The molecule has 0 saturated carbocycles. The first-order valence-corrected chi connectivity index (χ1v) is 8.47. The molecule has 1 aromatic carbocycles. The minimum atomic E-state index is 0.461. The maximum absolute atomic E-state index is 6.20. The van der Waals surface area contributed by atoms with Crippen LogP contribution in [-0.2, 0) is 13.0 Å². The quantitative estimate of drug-likeness (QED) is 0.783. The van der Waals surface area contributed by atoms with E-state index in [2.05, 4.69) is 33.4 Å². The van der Waals surface area contributed by atoms with Crippen LogP contribution in [0.2, 0.25) is 5.02 Å². The van der Waals surface area contributed by atoms with Gasteiger partial charge in [-0.05, 0) is 58.5 Å². The zero-order valence-corrected chi connectivity index (χ0v) is 13.6. The smallest absolute Gasteiger partial charge is 0.0704 e. The monoisotopic (exact) mass is 355 g/mol. The highest BCUT2D eigenvalue weighted by Crippen LogP contribution is 2.38. The summed E-state index contributed by atoms with van der Waals surface area (Å²) < 4.78 is 1.24. The predicted octanol–water partition coefficient (Wildman–Crippen LogP) is 5.33. The van der Waals surface area contributed by atoms with Crippen molar-refractivity contribution in [2.45, 2.75) is 31.8 Å². The van der Waals surface area contributed by atoms with Gasteiger partial charge in [0.1, 0.15) is 0 Å². The maximum Gasteiger partial charge on any atom is 0.0704 e. The van der Waals surface area contributed by atoms with Crippen LogP contribution in [0.4, 0.5) is 0 Å². The number of thiophene rings is 1. The van der Waals surface area contributed by atoms with Crippen LogP contribution in [-0.4, -0.2) is 0 Å². The lowest BCUT2D eigenvalue weighted by atomic mass is 9.94. The van der Waals surface area contributed by atoms with Crippen molar-refractivity contribution < 1.29 is 0 Å². The van der Waals surface area contributed by atoms with Gasteiger partial charge in [0.25, 0.3) is 0 Å². The Labute approximate surface area is 131 Å². The second-order valence-corrected chi connectivity index (χ2v) is 7.77. The predicted molar refractivity (Wildman–Crippen MR) is 86.0 cm³/mol. The largest absolute Gasteiger partial charge is 0.306 e. The molecule has 4 heteroatoms. The summed E-state index contributed by atoms with van der Waals surface area (Å²) in [6, 6.07) is 10.8. The van der Waals surface area contributed by atoms with Crippen LogP contribution in [0.25, 0.3) is 0 Å².